The van der Waals surface area contributed by atoms with Crippen molar-refractivity contribution in [3.8, 4) is 0 Å². The molecule has 0 saturated heterocycles. The fraction of sp³-hybridized carbons (Fsp3) is 0.647. The van der Waals surface area contributed by atoms with E-state index in [1.165, 1.54) is 18.4 Å². The summed E-state index contributed by atoms with van der Waals surface area (Å²) in [6.07, 6.45) is 2.47. The third kappa shape index (κ3) is 2.32. The molecule has 1 fully saturated rings. The molecule has 0 bridgehead atoms. The highest BCUT2D eigenvalue weighted by atomic mass is 35.5. The highest BCUT2D eigenvalue weighted by molar-refractivity contribution is 6.30. The minimum absolute atomic E-state index is 0.406. The van der Waals surface area contributed by atoms with Gasteiger partial charge in [-0.3, -0.25) is 0 Å². The molecule has 0 heterocycles. The third-order valence-corrected chi connectivity index (χ3v) is 5.51. The van der Waals surface area contributed by atoms with Crippen molar-refractivity contribution in [2.75, 3.05) is 6.54 Å². The molecular weight excluding hydrogens is 254 g/mol. The van der Waals surface area contributed by atoms with Crippen LogP contribution in [0.1, 0.15) is 52.0 Å². The van der Waals surface area contributed by atoms with Crippen LogP contribution in [0.3, 0.4) is 0 Å². The molecule has 0 aliphatic heterocycles. The first-order valence-corrected chi connectivity index (χ1v) is 7.97. The summed E-state index contributed by atoms with van der Waals surface area (Å²) in [7, 11) is 0. The highest BCUT2D eigenvalue weighted by Crippen LogP contribution is 2.60. The second kappa shape index (κ2) is 5.85. The maximum atomic E-state index is 6.02. The fourth-order valence-corrected chi connectivity index (χ4v) is 4.48. The molecule has 1 nitrogen and oxygen atoms in total. The molecule has 1 aliphatic carbocycles. The lowest BCUT2D eigenvalue weighted by Gasteiger charge is -2.61. The predicted octanol–water partition coefficient (Wildman–Crippen LogP) is 4.86. The summed E-state index contributed by atoms with van der Waals surface area (Å²) >= 11 is 6.02. The molecule has 1 N–H and O–H groups in total. The zero-order chi connectivity index (χ0) is 14.0. The van der Waals surface area contributed by atoms with Crippen molar-refractivity contribution in [1.29, 1.82) is 0 Å². The van der Waals surface area contributed by atoms with Gasteiger partial charge in [-0.2, -0.15) is 0 Å². The molecule has 19 heavy (non-hydrogen) atoms. The quantitative estimate of drug-likeness (QED) is 0.812. The van der Waals surface area contributed by atoms with Gasteiger partial charge in [-0.05, 0) is 54.3 Å². The first-order valence-electron chi connectivity index (χ1n) is 7.59. The van der Waals surface area contributed by atoms with Crippen LogP contribution in [-0.2, 0) is 0 Å². The third-order valence-electron chi connectivity index (χ3n) is 5.26. The standard InChI is InChI=1S/C17H26ClN/c1-5-17(6-2)15(12(4)16(17)19-7-3)13-8-10-14(18)11-9-13/h8-12,15-16,19H,5-7H2,1-4H3. The van der Waals surface area contributed by atoms with Gasteiger partial charge >= 0.3 is 0 Å². The lowest BCUT2D eigenvalue weighted by atomic mass is 9.46. The van der Waals surface area contributed by atoms with E-state index in [0.717, 1.165) is 11.6 Å². The molecule has 1 saturated carbocycles. The Kier molecular flexibility index (Phi) is 4.58. The first-order chi connectivity index (χ1) is 9.10. The van der Waals surface area contributed by atoms with Gasteiger partial charge in [-0.25, -0.2) is 0 Å². The molecule has 3 atom stereocenters. The second-order valence-corrected chi connectivity index (χ2v) is 6.30. The van der Waals surface area contributed by atoms with Crippen LogP contribution in [0.2, 0.25) is 5.02 Å². The van der Waals surface area contributed by atoms with Crippen molar-refractivity contribution >= 4 is 11.6 Å². The Labute approximate surface area is 122 Å². The van der Waals surface area contributed by atoms with E-state index in [4.69, 9.17) is 11.6 Å². The number of hydrogen-bond donors (Lipinski definition) is 1. The maximum absolute atomic E-state index is 6.02. The van der Waals surface area contributed by atoms with Crippen LogP contribution in [0.15, 0.2) is 24.3 Å². The molecule has 0 spiro atoms. The maximum Gasteiger partial charge on any atom is 0.0406 e. The summed E-state index contributed by atoms with van der Waals surface area (Å²) in [6.45, 7) is 10.3. The van der Waals surface area contributed by atoms with E-state index in [1.54, 1.807) is 0 Å². The molecule has 3 unspecified atom stereocenters. The molecular formula is C17H26ClN. The van der Waals surface area contributed by atoms with Crippen molar-refractivity contribution in [3.05, 3.63) is 34.9 Å². The second-order valence-electron chi connectivity index (χ2n) is 5.86. The van der Waals surface area contributed by atoms with Gasteiger partial charge in [0.15, 0.2) is 0 Å². The topological polar surface area (TPSA) is 12.0 Å². The van der Waals surface area contributed by atoms with E-state index < -0.39 is 0 Å². The SMILES string of the molecule is CCNC1C(C)C(c2ccc(Cl)cc2)C1(CC)CC. The van der Waals surface area contributed by atoms with E-state index in [-0.39, 0.29) is 0 Å². The smallest absolute Gasteiger partial charge is 0.0406 e. The molecule has 2 rings (SSSR count). The van der Waals surface area contributed by atoms with Crippen molar-refractivity contribution < 1.29 is 0 Å². The Morgan fingerprint density at radius 1 is 1.11 bits per heavy atom. The van der Waals surface area contributed by atoms with Crippen molar-refractivity contribution in [2.24, 2.45) is 11.3 Å². The van der Waals surface area contributed by atoms with E-state index in [2.05, 4.69) is 45.1 Å². The van der Waals surface area contributed by atoms with Crippen molar-refractivity contribution in [3.63, 3.8) is 0 Å². The average Bonchev–Trinajstić information content (AvgIpc) is 2.43. The molecule has 0 aromatic heterocycles. The van der Waals surface area contributed by atoms with Crippen molar-refractivity contribution in [2.45, 2.75) is 52.5 Å². The van der Waals surface area contributed by atoms with Crippen molar-refractivity contribution in [1.82, 2.24) is 5.32 Å². The molecule has 106 valence electrons. The van der Waals surface area contributed by atoms with Gasteiger partial charge in [0.05, 0.1) is 0 Å². The summed E-state index contributed by atoms with van der Waals surface area (Å²) in [6, 6.07) is 9.13. The minimum Gasteiger partial charge on any atom is -0.313 e. The van der Waals surface area contributed by atoms with Gasteiger partial charge in [-0.1, -0.05) is 51.4 Å². The Hall–Kier alpha value is -0.530. The number of benzene rings is 1. The van der Waals surface area contributed by atoms with Gasteiger partial charge in [0, 0.05) is 11.1 Å². The first kappa shape index (κ1) is 14.9. The summed E-state index contributed by atoms with van der Waals surface area (Å²) < 4.78 is 0. The largest absolute Gasteiger partial charge is 0.313 e. The van der Waals surface area contributed by atoms with E-state index in [0.29, 0.717) is 23.3 Å². The van der Waals surface area contributed by atoms with Gasteiger partial charge in [-0.15, -0.1) is 0 Å². The van der Waals surface area contributed by atoms with Crippen LogP contribution < -0.4 is 5.32 Å². The van der Waals surface area contributed by atoms with E-state index in [9.17, 15) is 0 Å². The molecule has 2 heteroatoms. The molecule has 1 aromatic rings. The minimum atomic E-state index is 0.406. The van der Waals surface area contributed by atoms with Gasteiger partial charge in [0.2, 0.25) is 0 Å². The zero-order valence-electron chi connectivity index (χ0n) is 12.5. The van der Waals surface area contributed by atoms with Crippen LogP contribution in [0, 0.1) is 11.3 Å². The summed E-state index contributed by atoms with van der Waals surface area (Å²) in [5.74, 6) is 1.35. The van der Waals surface area contributed by atoms with E-state index >= 15 is 0 Å². The molecule has 1 aliphatic rings. The fourth-order valence-electron chi connectivity index (χ4n) is 4.36. The number of hydrogen-bond acceptors (Lipinski definition) is 1. The molecule has 0 radical (unpaired) electrons. The van der Waals surface area contributed by atoms with Crippen LogP contribution >= 0.6 is 11.6 Å². The van der Waals surface area contributed by atoms with Crippen LogP contribution in [0.5, 0.6) is 0 Å². The monoisotopic (exact) mass is 279 g/mol. The number of halogens is 1. The van der Waals surface area contributed by atoms with Crippen LogP contribution in [0.4, 0.5) is 0 Å². The molecule has 1 aromatic carbocycles. The molecule has 0 amide bonds. The lowest BCUT2D eigenvalue weighted by Crippen LogP contribution is -2.63. The zero-order valence-corrected chi connectivity index (χ0v) is 13.3. The average molecular weight is 280 g/mol. The Morgan fingerprint density at radius 3 is 2.16 bits per heavy atom. The van der Waals surface area contributed by atoms with Crippen LogP contribution in [-0.4, -0.2) is 12.6 Å². The summed E-state index contributed by atoms with van der Waals surface area (Å²) in [5, 5.41) is 4.54. The van der Waals surface area contributed by atoms with E-state index in [1.807, 2.05) is 12.1 Å². The number of rotatable bonds is 5. The predicted molar refractivity (Wildman–Crippen MR) is 83.8 cm³/mol. The Balaban J connectivity index is 2.31. The van der Waals surface area contributed by atoms with Gasteiger partial charge < -0.3 is 5.32 Å². The lowest BCUT2D eigenvalue weighted by molar-refractivity contribution is -0.0386. The van der Waals surface area contributed by atoms with Gasteiger partial charge in [0.1, 0.15) is 0 Å². The van der Waals surface area contributed by atoms with Gasteiger partial charge in [0.25, 0.3) is 0 Å². The normalized spacial score (nSPS) is 29.0. The highest BCUT2D eigenvalue weighted by Gasteiger charge is 2.57. The van der Waals surface area contributed by atoms with Crippen LogP contribution in [0.25, 0.3) is 0 Å². The Bertz CT molecular complexity index is 408. The number of nitrogens with one attached hydrogen (secondary N) is 1. The summed E-state index contributed by atoms with van der Waals surface area (Å²) in [5.41, 5.74) is 1.86. The Morgan fingerprint density at radius 2 is 1.68 bits per heavy atom. The summed E-state index contributed by atoms with van der Waals surface area (Å²) in [4.78, 5) is 0.